The van der Waals surface area contributed by atoms with Crippen molar-refractivity contribution in [3.05, 3.63) is 59.6 Å². The lowest BCUT2D eigenvalue weighted by Crippen LogP contribution is -2.52. The first kappa shape index (κ1) is 35.9. The second-order valence-electron chi connectivity index (χ2n) is 13.3. The fourth-order valence-corrected chi connectivity index (χ4v) is 8.11. The van der Waals surface area contributed by atoms with Gasteiger partial charge in [-0.1, -0.05) is 24.6 Å². The Kier molecular flexibility index (Phi) is 11.1. The van der Waals surface area contributed by atoms with Gasteiger partial charge in [0.1, 0.15) is 24.2 Å². The third-order valence-electron chi connectivity index (χ3n) is 9.64. The Balaban J connectivity index is 1.22. The number of aromatic nitrogens is 4. The standard InChI is InChI=1S/C36H47ClN9O3P/c1-7-24-18-30(32(48-3)20-31(24)46-12-10-26(11-13-46)45-16-14-44(2)15-17-45)42-36-39-22-28(37)34(43-36)41-29-9-8-25(19-33(29)50(5,6)47)27-21-38-23-40-35(27)49-4/h8-9,18-23,26H,7,10-17H2,1-6H3,(H2,39,41,42,43). The quantitative estimate of drug-likeness (QED) is 0.174. The predicted octanol–water partition coefficient (Wildman–Crippen LogP) is 6.12. The fourth-order valence-electron chi connectivity index (χ4n) is 6.81. The molecule has 0 aliphatic carbocycles. The molecular weight excluding hydrogens is 673 g/mol. The highest BCUT2D eigenvalue weighted by molar-refractivity contribution is 7.70. The minimum Gasteiger partial charge on any atom is -0.494 e. The molecule has 50 heavy (non-hydrogen) atoms. The van der Waals surface area contributed by atoms with E-state index in [0.29, 0.717) is 51.0 Å². The molecule has 0 saturated carbocycles. The van der Waals surface area contributed by atoms with E-state index in [1.807, 2.05) is 18.2 Å². The van der Waals surface area contributed by atoms with Gasteiger partial charge in [0, 0.05) is 68.6 Å². The summed E-state index contributed by atoms with van der Waals surface area (Å²) in [6.07, 6.45) is 7.84. The lowest BCUT2D eigenvalue weighted by atomic mass is 9.99. The Morgan fingerprint density at radius 1 is 0.940 bits per heavy atom. The summed E-state index contributed by atoms with van der Waals surface area (Å²) in [6, 6.07) is 10.5. The van der Waals surface area contributed by atoms with Crippen LogP contribution in [0.15, 0.2) is 49.1 Å². The molecule has 0 radical (unpaired) electrons. The predicted molar refractivity (Wildman–Crippen MR) is 203 cm³/mol. The SMILES string of the molecule is CCc1cc(Nc2ncc(Cl)c(Nc3ccc(-c4cncnc4OC)cc3P(C)(C)=O)n2)c(OC)cc1N1CCC(N2CCN(C)CC2)CC1. The number of aryl methyl sites for hydroxylation is 1. The average molecular weight is 720 g/mol. The van der Waals surface area contributed by atoms with Crippen LogP contribution in [0.5, 0.6) is 11.6 Å². The van der Waals surface area contributed by atoms with Crippen LogP contribution in [0.25, 0.3) is 11.1 Å². The number of piperazine rings is 1. The fraction of sp³-hybridized carbons (Fsp3) is 0.444. The number of hydrogen-bond acceptors (Lipinski definition) is 12. The maximum Gasteiger partial charge on any atom is 0.229 e. The molecule has 0 unspecified atom stereocenters. The molecule has 2 N–H and O–H groups in total. The number of nitrogens with one attached hydrogen (secondary N) is 2. The van der Waals surface area contributed by atoms with Crippen LogP contribution < -0.4 is 30.3 Å². The smallest absolute Gasteiger partial charge is 0.229 e. The zero-order valence-corrected chi connectivity index (χ0v) is 31.4. The molecule has 14 heteroatoms. The summed E-state index contributed by atoms with van der Waals surface area (Å²) >= 11 is 6.61. The third kappa shape index (κ3) is 7.99. The first-order valence-electron chi connectivity index (χ1n) is 17.1. The molecule has 0 spiro atoms. The zero-order valence-electron chi connectivity index (χ0n) is 29.7. The van der Waals surface area contributed by atoms with Crippen molar-refractivity contribution in [1.29, 1.82) is 0 Å². The van der Waals surface area contributed by atoms with Crippen molar-refractivity contribution in [3.63, 3.8) is 0 Å². The van der Waals surface area contributed by atoms with E-state index in [-0.39, 0.29) is 0 Å². The van der Waals surface area contributed by atoms with Gasteiger partial charge in [0.15, 0.2) is 5.82 Å². The molecule has 2 aromatic heterocycles. The summed E-state index contributed by atoms with van der Waals surface area (Å²) in [6.45, 7) is 12.3. The van der Waals surface area contributed by atoms with Crippen molar-refractivity contribution in [1.82, 2.24) is 29.7 Å². The Hall–Kier alpha value is -3.96. The molecule has 0 amide bonds. The second-order valence-corrected chi connectivity index (χ2v) is 16.9. The molecule has 4 heterocycles. The molecule has 2 fully saturated rings. The average Bonchev–Trinajstić information content (AvgIpc) is 3.13. The van der Waals surface area contributed by atoms with Gasteiger partial charge in [0.05, 0.1) is 37.4 Å². The number of anilines is 5. The van der Waals surface area contributed by atoms with E-state index in [9.17, 15) is 4.57 Å². The first-order chi connectivity index (χ1) is 24.1. The van der Waals surface area contributed by atoms with Crippen molar-refractivity contribution in [2.75, 3.05) is 89.4 Å². The lowest BCUT2D eigenvalue weighted by Gasteiger charge is -2.43. The van der Waals surface area contributed by atoms with Gasteiger partial charge in [0.2, 0.25) is 11.8 Å². The summed E-state index contributed by atoms with van der Waals surface area (Å²) in [7, 11) is 2.68. The van der Waals surface area contributed by atoms with Crippen LogP contribution >= 0.6 is 18.7 Å². The van der Waals surface area contributed by atoms with E-state index >= 15 is 0 Å². The number of rotatable bonds is 11. The van der Waals surface area contributed by atoms with Gasteiger partial charge in [-0.2, -0.15) is 4.98 Å². The minimum absolute atomic E-state index is 0.322. The highest BCUT2D eigenvalue weighted by Crippen LogP contribution is 2.42. The number of methoxy groups -OCH3 is 2. The molecule has 0 atom stereocenters. The van der Waals surface area contributed by atoms with Crippen LogP contribution in [0.3, 0.4) is 0 Å². The van der Waals surface area contributed by atoms with Crippen molar-refractivity contribution in [3.8, 4) is 22.8 Å². The van der Waals surface area contributed by atoms with Crippen LogP contribution in [-0.4, -0.2) is 110 Å². The zero-order chi connectivity index (χ0) is 35.4. The lowest BCUT2D eigenvalue weighted by molar-refractivity contribution is 0.0982. The highest BCUT2D eigenvalue weighted by Gasteiger charge is 2.28. The van der Waals surface area contributed by atoms with Gasteiger partial charge in [-0.05, 0) is 69.0 Å². The highest BCUT2D eigenvalue weighted by atomic mass is 35.5. The molecule has 12 nitrogen and oxygen atoms in total. The van der Waals surface area contributed by atoms with Crippen LogP contribution in [0.1, 0.15) is 25.3 Å². The molecular formula is C36H47ClN9O3P. The van der Waals surface area contributed by atoms with E-state index in [2.05, 4.69) is 66.4 Å². The van der Waals surface area contributed by atoms with E-state index in [1.165, 1.54) is 17.6 Å². The number of likely N-dealkylation sites (N-methyl/N-ethyl adjacent to an activating group) is 1. The summed E-state index contributed by atoms with van der Waals surface area (Å²) in [4.78, 5) is 25.2. The van der Waals surface area contributed by atoms with Crippen molar-refractivity contribution in [2.24, 2.45) is 0 Å². The Morgan fingerprint density at radius 3 is 2.38 bits per heavy atom. The number of ether oxygens (including phenoxy) is 2. The van der Waals surface area contributed by atoms with Crippen molar-refractivity contribution >= 4 is 52.9 Å². The summed E-state index contributed by atoms with van der Waals surface area (Å²) < 4.78 is 24.9. The minimum atomic E-state index is -2.77. The van der Waals surface area contributed by atoms with E-state index in [0.717, 1.165) is 69.8 Å². The second kappa shape index (κ2) is 15.5. The van der Waals surface area contributed by atoms with E-state index in [1.54, 1.807) is 39.9 Å². The van der Waals surface area contributed by atoms with Crippen LogP contribution in [0.2, 0.25) is 5.02 Å². The van der Waals surface area contributed by atoms with Gasteiger partial charge in [-0.15, -0.1) is 0 Å². The number of benzene rings is 2. The van der Waals surface area contributed by atoms with Gasteiger partial charge < -0.3 is 34.5 Å². The van der Waals surface area contributed by atoms with Crippen LogP contribution in [0, 0.1) is 0 Å². The summed E-state index contributed by atoms with van der Waals surface area (Å²) in [5, 5.41) is 7.63. The first-order valence-corrected chi connectivity index (χ1v) is 20.0. The van der Waals surface area contributed by atoms with Crippen LogP contribution in [0.4, 0.5) is 28.8 Å². The van der Waals surface area contributed by atoms with Gasteiger partial charge in [-0.3, -0.25) is 4.90 Å². The Bertz CT molecular complexity index is 1860. The van der Waals surface area contributed by atoms with Crippen LogP contribution in [-0.2, 0) is 11.0 Å². The van der Waals surface area contributed by atoms with Gasteiger partial charge >= 0.3 is 0 Å². The third-order valence-corrected chi connectivity index (χ3v) is 11.4. The Morgan fingerprint density at radius 2 is 1.70 bits per heavy atom. The maximum absolute atomic E-state index is 13.5. The molecule has 6 rings (SSSR count). The molecule has 2 saturated heterocycles. The molecule has 266 valence electrons. The molecule has 4 aromatic rings. The molecule has 2 aliphatic rings. The van der Waals surface area contributed by atoms with Crippen molar-refractivity contribution < 1.29 is 14.0 Å². The summed E-state index contributed by atoms with van der Waals surface area (Å²) in [5.41, 5.74) is 5.31. The molecule has 2 aliphatic heterocycles. The molecule has 0 bridgehead atoms. The van der Waals surface area contributed by atoms with Crippen molar-refractivity contribution in [2.45, 2.75) is 32.2 Å². The number of nitrogens with zero attached hydrogens (tertiary/aromatic N) is 7. The summed E-state index contributed by atoms with van der Waals surface area (Å²) in [5.74, 6) is 1.87. The van der Waals surface area contributed by atoms with Gasteiger partial charge in [0.25, 0.3) is 0 Å². The normalized spacial score (nSPS) is 16.3. The number of halogens is 1. The van der Waals surface area contributed by atoms with E-state index in [4.69, 9.17) is 26.1 Å². The van der Waals surface area contributed by atoms with Gasteiger partial charge in [-0.25, -0.2) is 15.0 Å². The maximum atomic E-state index is 13.5. The Labute approximate surface area is 300 Å². The monoisotopic (exact) mass is 719 g/mol. The topological polar surface area (TPSA) is 121 Å². The molecule has 2 aromatic carbocycles. The van der Waals surface area contributed by atoms with E-state index < -0.39 is 7.14 Å². The number of piperidine rings is 1. The number of hydrogen-bond donors (Lipinski definition) is 2. The largest absolute Gasteiger partial charge is 0.494 e.